The van der Waals surface area contributed by atoms with Crippen LogP contribution in [0.5, 0.6) is 0 Å². The van der Waals surface area contributed by atoms with Crippen LogP contribution in [0.15, 0.2) is 205 Å². The normalized spacial score (nSPS) is 11.5. The molecule has 3 heterocycles. The van der Waals surface area contributed by atoms with Crippen molar-refractivity contribution in [1.82, 2.24) is 15.0 Å². The van der Waals surface area contributed by atoms with Gasteiger partial charge in [0.05, 0.1) is 22.6 Å². The van der Waals surface area contributed by atoms with Gasteiger partial charge in [0.25, 0.3) is 0 Å². The van der Waals surface area contributed by atoms with Gasteiger partial charge in [0.15, 0.2) is 5.82 Å². The van der Waals surface area contributed by atoms with Crippen LogP contribution in [-0.4, -0.2) is 15.0 Å². The number of benzene rings is 8. The third-order valence-electron chi connectivity index (χ3n) is 10.9. The minimum atomic E-state index is 0.640. The van der Waals surface area contributed by atoms with E-state index >= 15 is 0 Å². The summed E-state index contributed by atoms with van der Waals surface area (Å²) in [6, 6.07) is 69.7. The third kappa shape index (κ3) is 5.83. The second-order valence-corrected chi connectivity index (χ2v) is 14.4. The number of hydrogen-bond donors (Lipinski definition) is 0. The third-order valence-corrected chi connectivity index (χ3v) is 10.9. The molecule has 0 aliphatic rings. The van der Waals surface area contributed by atoms with E-state index in [1.54, 1.807) is 0 Å². The molecule has 0 saturated heterocycles. The van der Waals surface area contributed by atoms with E-state index in [9.17, 15) is 0 Å². The van der Waals surface area contributed by atoms with E-state index in [-0.39, 0.29) is 0 Å². The maximum absolute atomic E-state index is 6.65. The zero-order valence-electron chi connectivity index (χ0n) is 30.8. The smallest absolute Gasteiger partial charge is 0.160 e. The summed E-state index contributed by atoms with van der Waals surface area (Å²) >= 11 is 0. The zero-order valence-corrected chi connectivity index (χ0v) is 30.8. The average Bonchev–Trinajstić information content (AvgIpc) is 3.68. The fourth-order valence-corrected chi connectivity index (χ4v) is 8.12. The van der Waals surface area contributed by atoms with Crippen LogP contribution in [0.1, 0.15) is 0 Å². The molecule has 0 radical (unpaired) electrons. The maximum Gasteiger partial charge on any atom is 0.160 e. The molecule has 0 saturated carbocycles. The Morgan fingerprint density at radius 2 is 0.877 bits per heavy atom. The molecule has 0 atom stereocenters. The lowest BCUT2D eigenvalue weighted by molar-refractivity contribution is 0.670. The minimum Gasteiger partial charge on any atom is -0.455 e. The van der Waals surface area contributed by atoms with Gasteiger partial charge in [-0.15, -0.1) is 0 Å². The monoisotopic (exact) mass is 727 g/mol. The minimum absolute atomic E-state index is 0.640. The molecule has 11 rings (SSSR count). The molecule has 11 aromatic rings. The summed E-state index contributed by atoms with van der Waals surface area (Å²) in [5.41, 5.74) is 13.4. The van der Waals surface area contributed by atoms with E-state index in [1.807, 2.05) is 30.3 Å². The van der Waals surface area contributed by atoms with Gasteiger partial charge < -0.3 is 4.42 Å². The van der Waals surface area contributed by atoms with Gasteiger partial charge >= 0.3 is 0 Å². The van der Waals surface area contributed by atoms with Gasteiger partial charge in [-0.25, -0.2) is 15.0 Å². The van der Waals surface area contributed by atoms with E-state index in [1.165, 1.54) is 0 Å². The molecular formula is C53H33N3O. The summed E-state index contributed by atoms with van der Waals surface area (Å²) in [5, 5.41) is 5.58. The number of pyridine rings is 1. The van der Waals surface area contributed by atoms with Crippen molar-refractivity contribution in [3.63, 3.8) is 0 Å². The molecule has 0 amide bonds. The van der Waals surface area contributed by atoms with Crippen molar-refractivity contribution < 1.29 is 4.42 Å². The molecule has 266 valence electrons. The number of para-hydroxylation sites is 2. The summed E-state index contributed by atoms with van der Waals surface area (Å²) in [6.07, 6.45) is 0. The summed E-state index contributed by atoms with van der Waals surface area (Å²) in [6.45, 7) is 0. The molecule has 4 nitrogen and oxygen atoms in total. The summed E-state index contributed by atoms with van der Waals surface area (Å²) in [5.74, 6) is 0.640. The quantitative estimate of drug-likeness (QED) is 0.160. The Kier molecular flexibility index (Phi) is 7.78. The van der Waals surface area contributed by atoms with Crippen LogP contribution in [0.3, 0.4) is 0 Å². The number of hydrogen-bond acceptors (Lipinski definition) is 4. The van der Waals surface area contributed by atoms with Crippen LogP contribution in [0.4, 0.5) is 0 Å². The molecule has 0 aliphatic heterocycles. The van der Waals surface area contributed by atoms with Gasteiger partial charge in [0.2, 0.25) is 0 Å². The first-order chi connectivity index (χ1) is 28.2. The van der Waals surface area contributed by atoms with Crippen molar-refractivity contribution >= 4 is 43.6 Å². The van der Waals surface area contributed by atoms with Gasteiger partial charge in [-0.3, -0.25) is 0 Å². The van der Waals surface area contributed by atoms with E-state index in [2.05, 4.69) is 170 Å². The Balaban J connectivity index is 1.24. The number of fused-ring (bicyclic) bond motifs is 6. The molecule has 4 heteroatoms. The first-order valence-corrected chi connectivity index (χ1v) is 19.2. The Bertz CT molecular complexity index is 3220. The van der Waals surface area contributed by atoms with Crippen LogP contribution in [0.2, 0.25) is 0 Å². The van der Waals surface area contributed by atoms with Crippen molar-refractivity contribution in [3.05, 3.63) is 200 Å². The SMILES string of the molecule is c1ccc(-c2cc(-c3ccccc3)nc(-c3cc(-c4cccc5c4oc4ccccc45)cc(-c4cc(-c5ccccc5)nc5ccc6ccccc6c45)c3)n2)cc1. The number of furan rings is 1. The van der Waals surface area contributed by atoms with Crippen molar-refractivity contribution in [2.75, 3.05) is 0 Å². The lowest BCUT2D eigenvalue weighted by Crippen LogP contribution is -1.97. The highest BCUT2D eigenvalue weighted by atomic mass is 16.3. The molecule has 57 heavy (non-hydrogen) atoms. The summed E-state index contributed by atoms with van der Waals surface area (Å²) in [7, 11) is 0. The lowest BCUT2D eigenvalue weighted by Gasteiger charge is -2.16. The van der Waals surface area contributed by atoms with E-state index in [0.717, 1.165) is 105 Å². The highest BCUT2D eigenvalue weighted by Gasteiger charge is 2.19. The van der Waals surface area contributed by atoms with Gasteiger partial charge in [-0.2, -0.15) is 0 Å². The van der Waals surface area contributed by atoms with Crippen molar-refractivity contribution in [1.29, 1.82) is 0 Å². The first kappa shape index (κ1) is 32.7. The topological polar surface area (TPSA) is 51.8 Å². The molecule has 0 bridgehead atoms. The largest absolute Gasteiger partial charge is 0.455 e. The standard InChI is InChI=1S/C53H33N3O/c1-4-16-35(17-5-1)47-32-45(51-41-22-11-10-15-34(41)27-28-46(51)54-47)39-29-38(42-24-14-25-44-43-23-12-13-26-50(43)57-52(42)44)30-40(31-39)53-55-48(36-18-6-2-7-19-36)33-49(56-53)37-20-8-3-9-21-37/h1-33H. The van der Waals surface area contributed by atoms with Crippen molar-refractivity contribution in [2.45, 2.75) is 0 Å². The predicted molar refractivity (Wildman–Crippen MR) is 235 cm³/mol. The molecular weight excluding hydrogens is 695 g/mol. The van der Waals surface area contributed by atoms with E-state index in [4.69, 9.17) is 19.4 Å². The fourth-order valence-electron chi connectivity index (χ4n) is 8.12. The Labute approximate surface area is 329 Å². The summed E-state index contributed by atoms with van der Waals surface area (Å²) < 4.78 is 6.65. The second kappa shape index (κ2) is 13.6. The Hall–Kier alpha value is -7.69. The molecule has 8 aromatic carbocycles. The zero-order chi connectivity index (χ0) is 37.7. The number of aromatic nitrogens is 3. The van der Waals surface area contributed by atoms with Crippen LogP contribution >= 0.6 is 0 Å². The second-order valence-electron chi connectivity index (χ2n) is 14.4. The lowest BCUT2D eigenvalue weighted by atomic mass is 9.90. The first-order valence-electron chi connectivity index (χ1n) is 19.2. The van der Waals surface area contributed by atoms with Gasteiger partial charge in [-0.05, 0) is 69.9 Å². The predicted octanol–water partition coefficient (Wildman–Crippen LogP) is 14.1. The molecule has 0 spiro atoms. The highest BCUT2D eigenvalue weighted by Crippen LogP contribution is 2.42. The van der Waals surface area contributed by atoms with Crippen molar-refractivity contribution in [3.8, 4) is 67.4 Å². The maximum atomic E-state index is 6.65. The molecule has 3 aromatic heterocycles. The van der Waals surface area contributed by atoms with Crippen LogP contribution in [0.25, 0.3) is 111 Å². The van der Waals surface area contributed by atoms with Gasteiger partial charge in [0, 0.05) is 44.0 Å². The Morgan fingerprint density at radius 3 is 1.56 bits per heavy atom. The van der Waals surface area contributed by atoms with E-state index < -0.39 is 0 Å². The number of rotatable bonds is 6. The molecule has 0 N–H and O–H groups in total. The molecule has 0 fully saturated rings. The molecule has 0 unspecified atom stereocenters. The fraction of sp³-hybridized carbons (Fsp3) is 0. The van der Waals surface area contributed by atoms with Crippen LogP contribution < -0.4 is 0 Å². The summed E-state index contributed by atoms with van der Waals surface area (Å²) in [4.78, 5) is 15.9. The van der Waals surface area contributed by atoms with Gasteiger partial charge in [-0.1, -0.05) is 158 Å². The Morgan fingerprint density at radius 1 is 0.333 bits per heavy atom. The van der Waals surface area contributed by atoms with E-state index in [0.29, 0.717) is 5.82 Å². The van der Waals surface area contributed by atoms with Crippen LogP contribution in [0, 0.1) is 0 Å². The number of nitrogens with zero attached hydrogens (tertiary/aromatic N) is 3. The van der Waals surface area contributed by atoms with Gasteiger partial charge in [0.1, 0.15) is 11.2 Å². The van der Waals surface area contributed by atoms with Crippen molar-refractivity contribution in [2.24, 2.45) is 0 Å². The highest BCUT2D eigenvalue weighted by molar-refractivity contribution is 6.15. The van der Waals surface area contributed by atoms with Crippen LogP contribution in [-0.2, 0) is 0 Å². The average molecular weight is 728 g/mol. The molecule has 0 aliphatic carbocycles.